The molecule has 0 aliphatic carbocycles. The van der Waals surface area contributed by atoms with E-state index in [1.807, 2.05) is 31.2 Å². The van der Waals surface area contributed by atoms with Gasteiger partial charge in [-0.05, 0) is 43.3 Å². The summed E-state index contributed by atoms with van der Waals surface area (Å²) in [5.41, 5.74) is 1.27. The number of nitrogens with one attached hydrogen (secondary N) is 2. The third-order valence-electron chi connectivity index (χ3n) is 3.72. The van der Waals surface area contributed by atoms with Crippen molar-refractivity contribution in [2.24, 2.45) is 0 Å². The number of carbonyl (C=O) groups excluding carboxylic acids is 1. The van der Waals surface area contributed by atoms with Crippen molar-refractivity contribution in [1.29, 1.82) is 0 Å². The number of hydrogen-bond donors (Lipinski definition) is 2. The number of aromatic nitrogens is 1. The van der Waals surface area contributed by atoms with E-state index in [9.17, 15) is 13.2 Å². The smallest absolute Gasteiger partial charge is 0.263 e. The topological polar surface area (TPSA) is 97.4 Å². The number of para-hydroxylation sites is 1. The van der Waals surface area contributed by atoms with Gasteiger partial charge in [-0.25, -0.2) is 13.4 Å². The van der Waals surface area contributed by atoms with Gasteiger partial charge in [0.1, 0.15) is 5.75 Å². The van der Waals surface area contributed by atoms with Gasteiger partial charge in [-0.15, -0.1) is 11.3 Å². The largest absolute Gasteiger partial charge is 0.493 e. The third-order valence-corrected chi connectivity index (χ3v) is 5.89. The summed E-state index contributed by atoms with van der Waals surface area (Å²) in [5.74, 6) is 0.356. The zero-order valence-corrected chi connectivity index (χ0v) is 17.2. The highest BCUT2D eigenvalue weighted by atomic mass is 32.2. The van der Waals surface area contributed by atoms with E-state index in [0.29, 0.717) is 23.2 Å². The summed E-state index contributed by atoms with van der Waals surface area (Å²) in [4.78, 5) is 16.1. The molecule has 0 saturated carbocycles. The van der Waals surface area contributed by atoms with Crippen LogP contribution in [0.5, 0.6) is 5.75 Å². The zero-order chi connectivity index (χ0) is 20.7. The Bertz CT molecular complexity index is 1090. The summed E-state index contributed by atoms with van der Waals surface area (Å²) in [6.45, 7) is 2.42. The van der Waals surface area contributed by atoms with Crippen molar-refractivity contribution in [3.05, 3.63) is 71.7 Å². The van der Waals surface area contributed by atoms with Crippen LogP contribution in [0.25, 0.3) is 6.08 Å². The Kier molecular flexibility index (Phi) is 6.63. The van der Waals surface area contributed by atoms with E-state index in [1.54, 1.807) is 11.5 Å². The molecule has 0 fully saturated rings. The number of amides is 1. The van der Waals surface area contributed by atoms with Crippen LogP contribution >= 0.6 is 11.3 Å². The second-order valence-electron chi connectivity index (χ2n) is 5.76. The molecule has 0 aliphatic rings. The summed E-state index contributed by atoms with van der Waals surface area (Å²) in [7, 11) is -3.73. The van der Waals surface area contributed by atoms with Crippen molar-refractivity contribution >= 4 is 44.2 Å². The third kappa shape index (κ3) is 5.66. The van der Waals surface area contributed by atoms with Gasteiger partial charge in [-0.3, -0.25) is 9.52 Å². The Morgan fingerprint density at radius 2 is 1.93 bits per heavy atom. The molecule has 0 atom stereocenters. The van der Waals surface area contributed by atoms with Crippen LogP contribution in [0.2, 0.25) is 0 Å². The van der Waals surface area contributed by atoms with Gasteiger partial charge in [-0.1, -0.05) is 18.2 Å². The predicted molar refractivity (Wildman–Crippen MR) is 115 cm³/mol. The lowest BCUT2D eigenvalue weighted by Crippen LogP contribution is -2.13. The molecule has 3 aromatic rings. The average Bonchev–Trinajstić information content (AvgIpc) is 3.20. The molecule has 3 rings (SSSR count). The first-order chi connectivity index (χ1) is 14.0. The minimum absolute atomic E-state index is 0.0758. The van der Waals surface area contributed by atoms with Crippen molar-refractivity contribution in [2.75, 3.05) is 16.6 Å². The number of rotatable bonds is 8. The van der Waals surface area contributed by atoms with Crippen LogP contribution in [0.1, 0.15) is 12.5 Å². The number of carbonyl (C=O) groups is 1. The second kappa shape index (κ2) is 9.35. The minimum Gasteiger partial charge on any atom is -0.493 e. The highest BCUT2D eigenvalue weighted by Crippen LogP contribution is 2.21. The number of nitrogens with zero attached hydrogens (tertiary/aromatic N) is 1. The SMILES string of the molecule is CCOc1ccccc1/C=C/C(=O)Nc1ccc(S(=O)(=O)Nc2nccs2)cc1. The Balaban J connectivity index is 1.64. The first-order valence-electron chi connectivity index (χ1n) is 8.71. The van der Waals surface area contributed by atoms with E-state index in [2.05, 4.69) is 15.0 Å². The van der Waals surface area contributed by atoms with Crippen molar-refractivity contribution in [3.8, 4) is 5.75 Å². The van der Waals surface area contributed by atoms with E-state index in [4.69, 9.17) is 4.74 Å². The minimum atomic E-state index is -3.73. The molecule has 29 heavy (non-hydrogen) atoms. The lowest BCUT2D eigenvalue weighted by Gasteiger charge is -2.07. The zero-order valence-electron chi connectivity index (χ0n) is 15.5. The number of ether oxygens (including phenoxy) is 1. The van der Waals surface area contributed by atoms with Crippen molar-refractivity contribution in [1.82, 2.24) is 4.98 Å². The first-order valence-corrected chi connectivity index (χ1v) is 11.1. The number of sulfonamides is 1. The summed E-state index contributed by atoms with van der Waals surface area (Å²) in [6.07, 6.45) is 4.57. The van der Waals surface area contributed by atoms with E-state index in [0.717, 1.165) is 5.56 Å². The molecule has 0 spiro atoms. The molecule has 0 aliphatic heterocycles. The van der Waals surface area contributed by atoms with Gasteiger partial charge < -0.3 is 10.1 Å². The average molecular weight is 430 g/mol. The summed E-state index contributed by atoms with van der Waals surface area (Å²) >= 11 is 1.19. The van der Waals surface area contributed by atoms with Crippen LogP contribution in [0.15, 0.2) is 71.1 Å². The van der Waals surface area contributed by atoms with Crippen LogP contribution in [-0.4, -0.2) is 25.9 Å². The quantitative estimate of drug-likeness (QED) is 0.528. The van der Waals surface area contributed by atoms with Crippen LogP contribution in [-0.2, 0) is 14.8 Å². The van der Waals surface area contributed by atoms with Crippen molar-refractivity contribution in [3.63, 3.8) is 0 Å². The fourth-order valence-electron chi connectivity index (χ4n) is 2.42. The molecular weight excluding hydrogens is 410 g/mol. The van der Waals surface area contributed by atoms with Crippen LogP contribution in [0.3, 0.4) is 0 Å². The summed E-state index contributed by atoms with van der Waals surface area (Å²) < 4.78 is 32.6. The van der Waals surface area contributed by atoms with E-state index in [-0.39, 0.29) is 10.8 Å². The lowest BCUT2D eigenvalue weighted by atomic mass is 10.2. The normalized spacial score (nSPS) is 11.3. The van der Waals surface area contributed by atoms with Gasteiger partial charge in [-0.2, -0.15) is 0 Å². The molecule has 9 heteroatoms. The molecular formula is C20H19N3O4S2. The molecule has 150 valence electrons. The highest BCUT2D eigenvalue weighted by molar-refractivity contribution is 7.93. The van der Waals surface area contributed by atoms with Gasteiger partial charge in [0.25, 0.3) is 10.0 Å². The molecule has 1 aromatic heterocycles. The second-order valence-corrected chi connectivity index (χ2v) is 8.34. The fourth-order valence-corrected chi connectivity index (χ4v) is 4.21. The highest BCUT2D eigenvalue weighted by Gasteiger charge is 2.15. The molecule has 0 radical (unpaired) electrons. The number of benzene rings is 2. The standard InChI is InChI=1S/C20H19N3O4S2/c1-2-27-18-6-4-3-5-15(18)7-12-19(24)22-16-8-10-17(11-9-16)29(25,26)23-20-21-13-14-28-20/h3-14H,2H2,1H3,(H,21,23)(H,22,24)/b12-7+. The van der Waals surface area contributed by atoms with E-state index in [1.165, 1.54) is 47.9 Å². The van der Waals surface area contributed by atoms with Gasteiger partial charge in [0.2, 0.25) is 5.91 Å². The fraction of sp³-hybridized carbons (Fsp3) is 0.100. The maximum atomic E-state index is 12.3. The van der Waals surface area contributed by atoms with Gasteiger partial charge in [0.15, 0.2) is 5.13 Å². The van der Waals surface area contributed by atoms with Crippen LogP contribution < -0.4 is 14.8 Å². The molecule has 0 unspecified atom stereocenters. The van der Waals surface area contributed by atoms with Gasteiger partial charge in [0.05, 0.1) is 11.5 Å². The number of hydrogen-bond acceptors (Lipinski definition) is 6. The maximum absolute atomic E-state index is 12.3. The van der Waals surface area contributed by atoms with Crippen molar-refractivity contribution < 1.29 is 17.9 Å². The molecule has 7 nitrogen and oxygen atoms in total. The predicted octanol–water partition coefficient (Wildman–Crippen LogP) is 3.99. The van der Waals surface area contributed by atoms with Crippen molar-refractivity contribution in [2.45, 2.75) is 11.8 Å². The Morgan fingerprint density at radius 1 is 1.17 bits per heavy atom. The van der Waals surface area contributed by atoms with Gasteiger partial charge >= 0.3 is 0 Å². The summed E-state index contributed by atoms with van der Waals surface area (Å²) in [6, 6.07) is 13.3. The Labute approximate surface area is 173 Å². The summed E-state index contributed by atoms with van der Waals surface area (Å²) in [5, 5.41) is 4.66. The van der Waals surface area contributed by atoms with Crippen LogP contribution in [0, 0.1) is 0 Å². The monoisotopic (exact) mass is 429 g/mol. The number of thiazole rings is 1. The van der Waals surface area contributed by atoms with E-state index >= 15 is 0 Å². The lowest BCUT2D eigenvalue weighted by molar-refractivity contribution is -0.111. The first kappa shape index (κ1) is 20.6. The maximum Gasteiger partial charge on any atom is 0.263 e. The van der Waals surface area contributed by atoms with Gasteiger partial charge in [0, 0.05) is 28.9 Å². The van der Waals surface area contributed by atoms with E-state index < -0.39 is 10.0 Å². The molecule has 1 amide bonds. The molecule has 2 N–H and O–H groups in total. The molecule has 0 bridgehead atoms. The van der Waals surface area contributed by atoms with Crippen LogP contribution in [0.4, 0.5) is 10.8 Å². The molecule has 0 saturated heterocycles. The molecule has 1 heterocycles. The Morgan fingerprint density at radius 3 is 2.62 bits per heavy atom. The Hall–Kier alpha value is -3.17. The number of anilines is 2. The molecule has 2 aromatic carbocycles.